The van der Waals surface area contributed by atoms with Crippen molar-refractivity contribution in [2.45, 2.75) is 31.7 Å². The Kier molecular flexibility index (Phi) is 7.10. The third-order valence-electron chi connectivity index (χ3n) is 2.60. The highest BCUT2D eigenvalue weighted by molar-refractivity contribution is 5.69. The zero-order valence-corrected chi connectivity index (χ0v) is 11.0. The molecule has 1 rings (SSSR count). The van der Waals surface area contributed by atoms with Crippen molar-refractivity contribution in [3.8, 4) is 0 Å². The van der Waals surface area contributed by atoms with E-state index in [-0.39, 0.29) is 19.4 Å². The van der Waals surface area contributed by atoms with Crippen LogP contribution >= 0.6 is 0 Å². The minimum atomic E-state index is -0.914. The number of rotatable bonds is 8. The monoisotopic (exact) mass is 268 g/mol. The fourth-order valence-corrected chi connectivity index (χ4v) is 1.63. The van der Waals surface area contributed by atoms with Gasteiger partial charge in [-0.25, -0.2) is 0 Å². The van der Waals surface area contributed by atoms with Crippen LogP contribution in [0.2, 0.25) is 0 Å². The van der Waals surface area contributed by atoms with Crippen molar-refractivity contribution in [2.24, 2.45) is 0 Å². The number of carbonyl (C=O) groups is 1. The standard InChI is InChI=1S/C14H20O5/c1-18-14(17)8-12(15)7-13(16)10-19-9-11-5-3-2-4-6-11/h2-6,12-13,15-16H,7-10H2,1H3. The summed E-state index contributed by atoms with van der Waals surface area (Å²) in [6, 6.07) is 9.60. The molecule has 0 fully saturated rings. The molecular weight excluding hydrogens is 248 g/mol. The number of benzene rings is 1. The van der Waals surface area contributed by atoms with Crippen LogP contribution in [-0.4, -0.2) is 42.1 Å². The normalized spacial score (nSPS) is 13.8. The molecule has 0 radical (unpaired) electrons. The lowest BCUT2D eigenvalue weighted by Crippen LogP contribution is -2.24. The first-order valence-corrected chi connectivity index (χ1v) is 6.16. The zero-order chi connectivity index (χ0) is 14.1. The first-order valence-electron chi connectivity index (χ1n) is 6.16. The van der Waals surface area contributed by atoms with Crippen molar-refractivity contribution in [1.29, 1.82) is 0 Å². The van der Waals surface area contributed by atoms with Gasteiger partial charge >= 0.3 is 5.97 Å². The van der Waals surface area contributed by atoms with Gasteiger partial charge in [-0.05, 0) is 5.56 Å². The van der Waals surface area contributed by atoms with Gasteiger partial charge in [0, 0.05) is 6.42 Å². The molecule has 0 aliphatic carbocycles. The third-order valence-corrected chi connectivity index (χ3v) is 2.60. The van der Waals surface area contributed by atoms with Gasteiger partial charge in [-0.2, -0.15) is 0 Å². The van der Waals surface area contributed by atoms with E-state index in [9.17, 15) is 15.0 Å². The van der Waals surface area contributed by atoms with Crippen molar-refractivity contribution in [3.63, 3.8) is 0 Å². The van der Waals surface area contributed by atoms with E-state index < -0.39 is 18.2 Å². The largest absolute Gasteiger partial charge is 0.469 e. The van der Waals surface area contributed by atoms with Gasteiger partial charge in [0.2, 0.25) is 0 Å². The molecule has 19 heavy (non-hydrogen) atoms. The molecule has 0 aromatic heterocycles. The number of carbonyl (C=O) groups excluding carboxylic acids is 1. The summed E-state index contributed by atoms with van der Waals surface area (Å²) in [7, 11) is 1.26. The molecule has 0 bridgehead atoms. The Hall–Kier alpha value is -1.43. The molecule has 0 aliphatic heterocycles. The number of methoxy groups -OCH3 is 1. The summed E-state index contributed by atoms with van der Waals surface area (Å²) < 4.78 is 9.77. The third kappa shape index (κ3) is 6.91. The summed E-state index contributed by atoms with van der Waals surface area (Å²) >= 11 is 0. The Morgan fingerprint density at radius 2 is 1.89 bits per heavy atom. The minimum Gasteiger partial charge on any atom is -0.469 e. The maximum Gasteiger partial charge on any atom is 0.308 e. The molecule has 5 heteroatoms. The molecule has 1 aromatic rings. The molecule has 5 nitrogen and oxygen atoms in total. The molecule has 0 spiro atoms. The Labute approximate surface area is 112 Å². The Morgan fingerprint density at radius 3 is 2.53 bits per heavy atom. The van der Waals surface area contributed by atoms with Crippen LogP contribution in [0.15, 0.2) is 30.3 Å². The van der Waals surface area contributed by atoms with Crippen LogP contribution in [0.4, 0.5) is 0 Å². The van der Waals surface area contributed by atoms with Gasteiger partial charge < -0.3 is 19.7 Å². The van der Waals surface area contributed by atoms with Crippen molar-refractivity contribution in [2.75, 3.05) is 13.7 Å². The number of hydrogen-bond acceptors (Lipinski definition) is 5. The van der Waals surface area contributed by atoms with Crippen molar-refractivity contribution >= 4 is 5.97 Å². The summed E-state index contributed by atoms with van der Waals surface area (Å²) in [6.45, 7) is 0.526. The Morgan fingerprint density at radius 1 is 1.21 bits per heavy atom. The van der Waals surface area contributed by atoms with Gasteiger partial charge in [0.05, 0.1) is 39.0 Å². The molecule has 0 saturated carbocycles. The van der Waals surface area contributed by atoms with Gasteiger partial charge in [-0.1, -0.05) is 30.3 Å². The molecule has 2 atom stereocenters. The molecule has 0 amide bonds. The first kappa shape index (κ1) is 15.6. The average Bonchev–Trinajstić information content (AvgIpc) is 2.39. The fourth-order valence-electron chi connectivity index (χ4n) is 1.63. The molecule has 2 N–H and O–H groups in total. The van der Waals surface area contributed by atoms with Crippen LogP contribution in [0, 0.1) is 0 Å². The van der Waals surface area contributed by atoms with Gasteiger partial charge in [0.1, 0.15) is 0 Å². The molecule has 0 saturated heterocycles. The van der Waals surface area contributed by atoms with E-state index in [1.54, 1.807) is 0 Å². The highest BCUT2D eigenvalue weighted by Gasteiger charge is 2.16. The quantitative estimate of drug-likeness (QED) is 0.684. The van der Waals surface area contributed by atoms with E-state index >= 15 is 0 Å². The molecule has 2 unspecified atom stereocenters. The molecule has 0 heterocycles. The molecule has 106 valence electrons. The maximum absolute atomic E-state index is 10.9. The summed E-state index contributed by atoms with van der Waals surface area (Å²) in [5.41, 5.74) is 1.02. The summed E-state index contributed by atoms with van der Waals surface area (Å²) in [5.74, 6) is -0.495. The summed E-state index contributed by atoms with van der Waals surface area (Å²) in [6.07, 6.45) is -1.75. The van der Waals surface area contributed by atoms with Crippen LogP contribution < -0.4 is 0 Å². The number of hydrogen-bond donors (Lipinski definition) is 2. The molecular formula is C14H20O5. The zero-order valence-electron chi connectivity index (χ0n) is 11.0. The van der Waals surface area contributed by atoms with Gasteiger partial charge in [-0.3, -0.25) is 4.79 Å². The van der Waals surface area contributed by atoms with Crippen LogP contribution in [0.5, 0.6) is 0 Å². The summed E-state index contributed by atoms with van der Waals surface area (Å²) in [4.78, 5) is 10.9. The predicted octanol–water partition coefficient (Wildman–Crippen LogP) is 0.878. The van der Waals surface area contributed by atoms with Gasteiger partial charge in [-0.15, -0.1) is 0 Å². The second-order valence-electron chi connectivity index (χ2n) is 4.32. The lowest BCUT2D eigenvalue weighted by molar-refractivity contribution is -0.143. The first-order chi connectivity index (χ1) is 9.11. The van der Waals surface area contributed by atoms with Crippen molar-refractivity contribution < 1.29 is 24.5 Å². The van der Waals surface area contributed by atoms with E-state index in [0.717, 1.165) is 5.56 Å². The molecule has 0 aliphatic rings. The fraction of sp³-hybridized carbons (Fsp3) is 0.500. The van der Waals surface area contributed by atoms with E-state index in [0.29, 0.717) is 6.61 Å². The van der Waals surface area contributed by atoms with Gasteiger partial charge in [0.15, 0.2) is 0 Å². The second kappa shape index (κ2) is 8.63. The van der Waals surface area contributed by atoms with Crippen LogP contribution in [0.3, 0.4) is 0 Å². The smallest absolute Gasteiger partial charge is 0.308 e. The number of aliphatic hydroxyl groups is 2. The number of ether oxygens (including phenoxy) is 2. The Bertz CT molecular complexity index is 365. The highest BCUT2D eigenvalue weighted by Crippen LogP contribution is 2.06. The van der Waals surface area contributed by atoms with Gasteiger partial charge in [0.25, 0.3) is 0 Å². The average molecular weight is 268 g/mol. The van der Waals surface area contributed by atoms with E-state index in [2.05, 4.69) is 4.74 Å². The van der Waals surface area contributed by atoms with Crippen molar-refractivity contribution in [3.05, 3.63) is 35.9 Å². The molecule has 1 aromatic carbocycles. The van der Waals surface area contributed by atoms with Crippen molar-refractivity contribution in [1.82, 2.24) is 0 Å². The van der Waals surface area contributed by atoms with E-state index in [1.165, 1.54) is 7.11 Å². The Balaban J connectivity index is 2.17. The minimum absolute atomic E-state index is 0.0872. The van der Waals surface area contributed by atoms with E-state index in [4.69, 9.17) is 4.74 Å². The lowest BCUT2D eigenvalue weighted by atomic mass is 10.1. The SMILES string of the molecule is COC(=O)CC(O)CC(O)COCc1ccccc1. The second-order valence-corrected chi connectivity index (χ2v) is 4.32. The van der Waals surface area contributed by atoms with E-state index in [1.807, 2.05) is 30.3 Å². The van der Waals surface area contributed by atoms with Crippen LogP contribution in [0.25, 0.3) is 0 Å². The highest BCUT2D eigenvalue weighted by atomic mass is 16.5. The van der Waals surface area contributed by atoms with Crippen LogP contribution in [0.1, 0.15) is 18.4 Å². The topological polar surface area (TPSA) is 76.0 Å². The summed E-state index contributed by atoms with van der Waals surface area (Å²) in [5, 5.41) is 19.2. The number of esters is 1. The lowest BCUT2D eigenvalue weighted by Gasteiger charge is -2.15. The number of aliphatic hydroxyl groups excluding tert-OH is 2. The predicted molar refractivity (Wildman–Crippen MR) is 69.4 cm³/mol. The van der Waals surface area contributed by atoms with Crippen LogP contribution in [-0.2, 0) is 20.9 Å². The maximum atomic E-state index is 10.9.